The number of likely N-dealkylation sites (tertiary alicyclic amines) is 1. The van der Waals surface area contributed by atoms with Crippen molar-refractivity contribution in [1.29, 1.82) is 0 Å². The Hall–Kier alpha value is -0.170. The first-order valence-electron chi connectivity index (χ1n) is 9.26. The molecule has 0 atom stereocenters. The van der Waals surface area contributed by atoms with E-state index in [4.69, 9.17) is 0 Å². The first-order chi connectivity index (χ1) is 10.8. The molecule has 2 rings (SSSR count). The van der Waals surface area contributed by atoms with Crippen molar-refractivity contribution in [2.24, 2.45) is 5.92 Å². The highest BCUT2D eigenvalue weighted by Gasteiger charge is 2.29. The smallest absolute Gasteiger partial charge is 0.216 e. The number of hydrogen-bond acceptors (Lipinski definition) is 4. The SMILES string of the molecule is CC(C)N1CCC(CCN2CCN(S(=O)(=O)C(C)C)CC2)CC1. The molecule has 0 aromatic rings. The van der Waals surface area contributed by atoms with Crippen LogP contribution in [0.2, 0.25) is 0 Å². The molecule has 0 aromatic carbocycles. The van der Waals surface area contributed by atoms with Crippen LogP contribution in [0.5, 0.6) is 0 Å². The van der Waals surface area contributed by atoms with Gasteiger partial charge < -0.3 is 9.80 Å². The predicted octanol–water partition coefficient (Wildman–Crippen LogP) is 1.85. The van der Waals surface area contributed by atoms with Crippen molar-refractivity contribution in [2.75, 3.05) is 45.8 Å². The summed E-state index contributed by atoms with van der Waals surface area (Å²) in [5, 5.41) is -0.305. The van der Waals surface area contributed by atoms with E-state index in [1.165, 1.54) is 32.4 Å². The normalized spacial score (nSPS) is 23.9. The van der Waals surface area contributed by atoms with Crippen LogP contribution in [0.4, 0.5) is 0 Å². The summed E-state index contributed by atoms with van der Waals surface area (Å²) in [6, 6.07) is 0.673. The Morgan fingerprint density at radius 2 is 1.48 bits per heavy atom. The van der Waals surface area contributed by atoms with Gasteiger partial charge in [-0.2, -0.15) is 4.31 Å². The lowest BCUT2D eigenvalue weighted by Crippen LogP contribution is -2.50. The van der Waals surface area contributed by atoms with Crippen LogP contribution >= 0.6 is 0 Å². The van der Waals surface area contributed by atoms with E-state index < -0.39 is 10.0 Å². The number of hydrogen-bond donors (Lipinski definition) is 0. The molecule has 136 valence electrons. The average Bonchev–Trinajstić information content (AvgIpc) is 2.53. The van der Waals surface area contributed by atoms with Gasteiger partial charge in [0.05, 0.1) is 5.25 Å². The van der Waals surface area contributed by atoms with Gasteiger partial charge in [0, 0.05) is 32.2 Å². The van der Waals surface area contributed by atoms with Crippen molar-refractivity contribution in [3.05, 3.63) is 0 Å². The molecule has 0 radical (unpaired) electrons. The minimum absolute atomic E-state index is 0.305. The molecule has 23 heavy (non-hydrogen) atoms. The summed E-state index contributed by atoms with van der Waals surface area (Å²) < 4.78 is 26.0. The fourth-order valence-corrected chi connectivity index (χ4v) is 4.90. The van der Waals surface area contributed by atoms with E-state index in [0.29, 0.717) is 19.1 Å². The van der Waals surface area contributed by atoms with E-state index in [0.717, 1.165) is 25.6 Å². The van der Waals surface area contributed by atoms with Crippen LogP contribution in [0, 0.1) is 5.92 Å². The maximum Gasteiger partial charge on any atom is 0.216 e. The van der Waals surface area contributed by atoms with Crippen LogP contribution in [0.25, 0.3) is 0 Å². The number of rotatable bonds is 6. The van der Waals surface area contributed by atoms with E-state index in [2.05, 4.69) is 23.6 Å². The lowest BCUT2D eigenvalue weighted by atomic mass is 9.92. The topological polar surface area (TPSA) is 43.9 Å². The third kappa shape index (κ3) is 5.15. The summed E-state index contributed by atoms with van der Waals surface area (Å²) in [5.41, 5.74) is 0. The Labute approximate surface area is 143 Å². The molecule has 0 spiro atoms. The molecular weight excluding hydrogens is 310 g/mol. The van der Waals surface area contributed by atoms with E-state index in [1.54, 1.807) is 18.2 Å². The van der Waals surface area contributed by atoms with E-state index in [-0.39, 0.29) is 5.25 Å². The van der Waals surface area contributed by atoms with Crippen LogP contribution in [0.1, 0.15) is 47.0 Å². The van der Waals surface area contributed by atoms with Gasteiger partial charge in [0.1, 0.15) is 0 Å². The van der Waals surface area contributed by atoms with Crippen LogP contribution < -0.4 is 0 Å². The molecule has 0 amide bonds. The molecule has 2 aliphatic rings. The Morgan fingerprint density at radius 1 is 0.913 bits per heavy atom. The Balaban J connectivity index is 1.68. The molecule has 5 nitrogen and oxygen atoms in total. The number of piperidine rings is 1. The van der Waals surface area contributed by atoms with Gasteiger partial charge in [-0.15, -0.1) is 0 Å². The molecule has 0 aromatic heterocycles. The summed E-state index contributed by atoms with van der Waals surface area (Å²) in [6.45, 7) is 14.8. The molecule has 0 unspecified atom stereocenters. The average molecular weight is 346 g/mol. The molecule has 0 aliphatic carbocycles. The van der Waals surface area contributed by atoms with E-state index in [9.17, 15) is 8.42 Å². The van der Waals surface area contributed by atoms with E-state index >= 15 is 0 Å². The second-order valence-electron chi connectivity index (χ2n) is 7.70. The van der Waals surface area contributed by atoms with Crippen molar-refractivity contribution >= 4 is 10.0 Å². The summed E-state index contributed by atoms with van der Waals surface area (Å²) in [7, 11) is -3.07. The fourth-order valence-electron chi connectivity index (χ4n) is 3.63. The van der Waals surface area contributed by atoms with Crippen molar-refractivity contribution in [1.82, 2.24) is 14.1 Å². The lowest BCUT2D eigenvalue weighted by Gasteiger charge is -2.37. The molecule has 6 heteroatoms. The Kier molecular flexibility index (Phi) is 6.89. The molecule has 0 saturated carbocycles. The van der Waals surface area contributed by atoms with Gasteiger partial charge in [-0.1, -0.05) is 0 Å². The van der Waals surface area contributed by atoms with E-state index in [1.807, 2.05) is 0 Å². The molecule has 0 bridgehead atoms. The van der Waals surface area contributed by atoms with Gasteiger partial charge in [-0.3, -0.25) is 0 Å². The van der Waals surface area contributed by atoms with Crippen LogP contribution in [0.3, 0.4) is 0 Å². The van der Waals surface area contributed by atoms with Gasteiger partial charge in [0.15, 0.2) is 0 Å². The standard InChI is InChI=1S/C17H35N3O2S/c1-15(2)19-9-6-17(7-10-19)5-8-18-11-13-20(14-12-18)23(21,22)16(3)4/h15-17H,5-14H2,1-4H3. The van der Waals surface area contributed by atoms with Crippen LogP contribution in [-0.4, -0.2) is 79.6 Å². The maximum atomic E-state index is 12.2. The third-order valence-corrected chi connectivity index (χ3v) is 7.80. The highest BCUT2D eigenvalue weighted by Crippen LogP contribution is 2.22. The van der Waals surface area contributed by atoms with Crippen molar-refractivity contribution in [2.45, 2.75) is 58.2 Å². The summed E-state index contributed by atoms with van der Waals surface area (Å²) in [6.07, 6.45) is 3.91. The second-order valence-corrected chi connectivity index (χ2v) is 10.2. The first kappa shape index (κ1) is 19.2. The molecule has 0 N–H and O–H groups in total. The summed E-state index contributed by atoms with van der Waals surface area (Å²) >= 11 is 0. The minimum Gasteiger partial charge on any atom is -0.301 e. The number of sulfonamides is 1. The van der Waals surface area contributed by atoms with Gasteiger partial charge in [-0.25, -0.2) is 8.42 Å². The maximum absolute atomic E-state index is 12.2. The zero-order chi connectivity index (χ0) is 17.0. The summed E-state index contributed by atoms with van der Waals surface area (Å²) in [4.78, 5) is 5.02. The Bertz CT molecular complexity index is 448. The molecular formula is C17H35N3O2S. The molecule has 2 saturated heterocycles. The Morgan fingerprint density at radius 3 is 1.96 bits per heavy atom. The molecule has 2 heterocycles. The van der Waals surface area contributed by atoms with Gasteiger partial charge >= 0.3 is 0 Å². The highest BCUT2D eigenvalue weighted by atomic mass is 32.2. The molecule has 2 fully saturated rings. The van der Waals surface area contributed by atoms with Crippen LogP contribution in [0.15, 0.2) is 0 Å². The highest BCUT2D eigenvalue weighted by molar-refractivity contribution is 7.89. The largest absolute Gasteiger partial charge is 0.301 e. The van der Waals surface area contributed by atoms with Gasteiger partial charge in [0.2, 0.25) is 10.0 Å². The zero-order valence-corrected chi connectivity index (χ0v) is 16.2. The first-order valence-corrected chi connectivity index (χ1v) is 10.8. The molecule has 2 aliphatic heterocycles. The minimum atomic E-state index is -3.07. The fraction of sp³-hybridized carbons (Fsp3) is 1.00. The third-order valence-electron chi connectivity index (χ3n) is 5.52. The van der Waals surface area contributed by atoms with Crippen molar-refractivity contribution in [3.63, 3.8) is 0 Å². The van der Waals surface area contributed by atoms with Gasteiger partial charge in [-0.05, 0) is 72.5 Å². The van der Waals surface area contributed by atoms with Gasteiger partial charge in [0.25, 0.3) is 0 Å². The predicted molar refractivity (Wildman–Crippen MR) is 96.1 cm³/mol. The number of nitrogens with zero attached hydrogens (tertiary/aromatic N) is 3. The lowest BCUT2D eigenvalue weighted by molar-refractivity contribution is 0.127. The van der Waals surface area contributed by atoms with Crippen molar-refractivity contribution < 1.29 is 8.42 Å². The quantitative estimate of drug-likeness (QED) is 0.737. The zero-order valence-electron chi connectivity index (χ0n) is 15.4. The second kappa shape index (κ2) is 8.28. The number of piperazine rings is 1. The van der Waals surface area contributed by atoms with Crippen molar-refractivity contribution in [3.8, 4) is 0 Å². The monoisotopic (exact) mass is 345 g/mol. The summed E-state index contributed by atoms with van der Waals surface area (Å²) in [5.74, 6) is 0.849. The van der Waals surface area contributed by atoms with Crippen LogP contribution in [-0.2, 0) is 10.0 Å².